The summed E-state index contributed by atoms with van der Waals surface area (Å²) in [5, 5.41) is 23.4. The minimum absolute atomic E-state index is 0.0173. The lowest BCUT2D eigenvalue weighted by atomic mass is 9.81. The number of aliphatic hydroxyl groups is 1. The largest absolute Gasteiger partial charge is 0.506 e. The lowest BCUT2D eigenvalue weighted by Gasteiger charge is -2.30. The van der Waals surface area contributed by atoms with Gasteiger partial charge in [-0.05, 0) is 61.4 Å². The lowest BCUT2D eigenvalue weighted by Crippen LogP contribution is -2.39. The van der Waals surface area contributed by atoms with Gasteiger partial charge in [-0.15, -0.1) is 0 Å². The number of amides is 1. The molecule has 1 aliphatic rings. The molecule has 3 rings (SSSR count). The van der Waals surface area contributed by atoms with E-state index in [1.54, 1.807) is 12.1 Å². The fourth-order valence-electron chi connectivity index (χ4n) is 3.99. The highest BCUT2D eigenvalue weighted by Crippen LogP contribution is 2.33. The first-order valence-corrected chi connectivity index (χ1v) is 12.7. The Bertz CT molecular complexity index is 1050. The van der Waals surface area contributed by atoms with Crippen LogP contribution in [0.5, 0.6) is 11.5 Å². The molecule has 2 aromatic rings. The first-order valence-electron chi connectivity index (χ1n) is 10.9. The van der Waals surface area contributed by atoms with Crippen molar-refractivity contribution in [2.24, 2.45) is 5.73 Å². The van der Waals surface area contributed by atoms with Crippen molar-refractivity contribution >= 4 is 21.6 Å². The third-order valence-electron chi connectivity index (χ3n) is 5.74. The summed E-state index contributed by atoms with van der Waals surface area (Å²) in [5.41, 5.74) is 7.04. The summed E-state index contributed by atoms with van der Waals surface area (Å²) in [6.07, 6.45) is 4.24. The van der Waals surface area contributed by atoms with E-state index in [1.165, 1.54) is 23.8 Å². The average molecular weight is 478 g/mol. The van der Waals surface area contributed by atoms with E-state index >= 15 is 0 Å². The average Bonchev–Trinajstić information content (AvgIpc) is 2.77. The molecule has 2 aromatic carbocycles. The van der Waals surface area contributed by atoms with Crippen molar-refractivity contribution in [1.29, 1.82) is 0 Å². The number of ether oxygens (including phenoxy) is 1. The molecule has 1 atom stereocenters. The second-order valence-electron chi connectivity index (χ2n) is 8.46. The number of aromatic hydroxyl groups is 1. The number of nitrogens with two attached hydrogens (primary N) is 1. The zero-order valence-electron chi connectivity index (χ0n) is 18.5. The van der Waals surface area contributed by atoms with Gasteiger partial charge >= 0.3 is 0 Å². The van der Waals surface area contributed by atoms with E-state index in [0.717, 1.165) is 31.9 Å². The van der Waals surface area contributed by atoms with Crippen LogP contribution in [-0.4, -0.2) is 56.1 Å². The standard InChI is InChI=1S/C23H31N3O6S/c1-33(30,31)26-21-12-20(10-11-22(21)28)32-14-19(27)13-25-18-8-6-16(7-9-18)15-2-4-17(5-3-15)23(24)29/h2-5,10-12,16,18-19,25-28H,6-9,13-14H2,1H3,(H2,24,29)/t16?,18?,19-/m0/s1. The molecule has 0 radical (unpaired) electrons. The van der Waals surface area contributed by atoms with Crippen molar-refractivity contribution in [3.05, 3.63) is 53.6 Å². The number of sulfonamides is 1. The zero-order valence-corrected chi connectivity index (χ0v) is 19.3. The van der Waals surface area contributed by atoms with Gasteiger partial charge in [-0.2, -0.15) is 0 Å². The van der Waals surface area contributed by atoms with Crippen LogP contribution in [0.1, 0.15) is 47.5 Å². The number of benzene rings is 2. The normalized spacial score (nSPS) is 19.6. The number of phenolic OH excluding ortho intramolecular Hbond substituents is 1. The van der Waals surface area contributed by atoms with Gasteiger partial charge in [0.2, 0.25) is 15.9 Å². The van der Waals surface area contributed by atoms with Crippen LogP contribution in [-0.2, 0) is 10.0 Å². The molecule has 0 aromatic heterocycles. The summed E-state index contributed by atoms with van der Waals surface area (Å²) in [6.45, 7) is 0.396. The molecule has 0 bridgehead atoms. The molecule has 1 amide bonds. The molecule has 1 fully saturated rings. The molecule has 33 heavy (non-hydrogen) atoms. The Kier molecular flexibility index (Phi) is 8.17. The van der Waals surface area contributed by atoms with Crippen LogP contribution in [0, 0.1) is 0 Å². The van der Waals surface area contributed by atoms with Gasteiger partial charge in [-0.3, -0.25) is 9.52 Å². The fourth-order valence-corrected chi connectivity index (χ4v) is 4.55. The van der Waals surface area contributed by atoms with Gasteiger partial charge in [0.1, 0.15) is 24.2 Å². The molecular weight excluding hydrogens is 446 g/mol. The van der Waals surface area contributed by atoms with E-state index in [1.807, 2.05) is 12.1 Å². The Morgan fingerprint density at radius 1 is 1.15 bits per heavy atom. The minimum Gasteiger partial charge on any atom is -0.506 e. The molecule has 180 valence electrons. The van der Waals surface area contributed by atoms with E-state index in [2.05, 4.69) is 10.0 Å². The lowest BCUT2D eigenvalue weighted by molar-refractivity contribution is 0.0999. The number of hydrogen-bond donors (Lipinski definition) is 5. The van der Waals surface area contributed by atoms with Crippen molar-refractivity contribution in [3.63, 3.8) is 0 Å². The quantitative estimate of drug-likeness (QED) is 0.328. The number of rotatable bonds is 10. The van der Waals surface area contributed by atoms with Crippen molar-refractivity contribution in [3.8, 4) is 11.5 Å². The Hall–Kier alpha value is -2.82. The number of carbonyl (C=O) groups is 1. The molecule has 0 unspecified atom stereocenters. The predicted octanol–water partition coefficient (Wildman–Crippen LogP) is 1.92. The van der Waals surface area contributed by atoms with Crippen LogP contribution in [0.15, 0.2) is 42.5 Å². The van der Waals surface area contributed by atoms with Crippen LogP contribution >= 0.6 is 0 Å². The Morgan fingerprint density at radius 3 is 2.42 bits per heavy atom. The van der Waals surface area contributed by atoms with Crippen molar-refractivity contribution in [1.82, 2.24) is 5.32 Å². The molecule has 10 heteroatoms. The third kappa shape index (κ3) is 7.62. The Balaban J connectivity index is 1.41. The van der Waals surface area contributed by atoms with Crippen LogP contribution in [0.4, 0.5) is 5.69 Å². The van der Waals surface area contributed by atoms with Gasteiger partial charge in [-0.25, -0.2) is 8.42 Å². The summed E-state index contributed by atoms with van der Waals surface area (Å²) >= 11 is 0. The van der Waals surface area contributed by atoms with E-state index in [9.17, 15) is 23.4 Å². The van der Waals surface area contributed by atoms with Crippen molar-refractivity contribution in [2.45, 2.75) is 43.7 Å². The molecule has 0 spiro atoms. The van der Waals surface area contributed by atoms with Crippen LogP contribution < -0.4 is 20.5 Å². The maximum atomic E-state index is 11.4. The maximum absolute atomic E-state index is 11.4. The number of phenols is 1. The summed E-state index contributed by atoms with van der Waals surface area (Å²) in [7, 11) is -3.54. The topological polar surface area (TPSA) is 151 Å². The second kappa shape index (κ2) is 10.9. The summed E-state index contributed by atoms with van der Waals surface area (Å²) in [5.74, 6) is 0.145. The molecule has 1 saturated carbocycles. The minimum atomic E-state index is -3.54. The van der Waals surface area contributed by atoms with E-state index < -0.39 is 22.0 Å². The van der Waals surface area contributed by atoms with Gasteiger partial charge in [-0.1, -0.05) is 12.1 Å². The monoisotopic (exact) mass is 477 g/mol. The molecule has 1 aliphatic carbocycles. The van der Waals surface area contributed by atoms with Crippen LogP contribution in [0.2, 0.25) is 0 Å². The van der Waals surface area contributed by atoms with E-state index in [-0.39, 0.29) is 18.0 Å². The number of nitrogens with one attached hydrogen (secondary N) is 2. The molecule has 0 aliphatic heterocycles. The fraction of sp³-hybridized carbons (Fsp3) is 0.435. The molecule has 0 heterocycles. The van der Waals surface area contributed by atoms with Gasteiger partial charge in [0.25, 0.3) is 0 Å². The van der Waals surface area contributed by atoms with Crippen molar-refractivity contribution in [2.75, 3.05) is 24.1 Å². The molecule has 9 nitrogen and oxygen atoms in total. The predicted molar refractivity (Wildman–Crippen MR) is 126 cm³/mol. The highest BCUT2D eigenvalue weighted by Gasteiger charge is 2.23. The first kappa shape index (κ1) is 24.8. The number of aliphatic hydroxyl groups excluding tert-OH is 1. The maximum Gasteiger partial charge on any atom is 0.248 e. The SMILES string of the molecule is CS(=O)(=O)Nc1cc(OC[C@@H](O)CNC2CCC(c3ccc(C(N)=O)cc3)CC2)ccc1O. The summed E-state index contributed by atoms with van der Waals surface area (Å²) in [6, 6.07) is 12.0. The Labute approximate surface area is 194 Å². The van der Waals surface area contributed by atoms with Gasteiger partial charge in [0.05, 0.1) is 11.9 Å². The zero-order chi connectivity index (χ0) is 24.0. The second-order valence-corrected chi connectivity index (χ2v) is 10.2. The number of carbonyl (C=O) groups excluding carboxylic acids is 1. The highest BCUT2D eigenvalue weighted by atomic mass is 32.2. The summed E-state index contributed by atoms with van der Waals surface area (Å²) < 4.78 is 30.5. The van der Waals surface area contributed by atoms with Crippen molar-refractivity contribution < 1.29 is 28.2 Å². The van der Waals surface area contributed by atoms with Gasteiger partial charge in [0.15, 0.2) is 0 Å². The van der Waals surface area contributed by atoms with E-state index in [4.69, 9.17) is 10.5 Å². The number of anilines is 1. The number of hydrogen-bond acceptors (Lipinski definition) is 7. The summed E-state index contributed by atoms with van der Waals surface area (Å²) in [4.78, 5) is 11.2. The smallest absolute Gasteiger partial charge is 0.248 e. The van der Waals surface area contributed by atoms with E-state index in [0.29, 0.717) is 29.8 Å². The van der Waals surface area contributed by atoms with Crippen LogP contribution in [0.3, 0.4) is 0 Å². The Morgan fingerprint density at radius 2 is 1.82 bits per heavy atom. The third-order valence-corrected chi connectivity index (χ3v) is 6.33. The molecular formula is C23H31N3O6S. The van der Waals surface area contributed by atoms with Crippen LogP contribution in [0.25, 0.3) is 0 Å². The number of primary amides is 1. The molecule has 6 N–H and O–H groups in total. The molecule has 0 saturated heterocycles. The highest BCUT2D eigenvalue weighted by molar-refractivity contribution is 7.92. The van der Waals surface area contributed by atoms with Gasteiger partial charge in [0, 0.05) is 24.2 Å². The first-order chi connectivity index (χ1) is 15.6. The van der Waals surface area contributed by atoms with Gasteiger partial charge < -0.3 is 26.0 Å².